The molecular formula is C16H22N4O2. The minimum atomic E-state index is -0.0788. The van der Waals surface area contributed by atoms with Gasteiger partial charge in [0.05, 0.1) is 17.9 Å². The fourth-order valence-electron chi connectivity index (χ4n) is 2.78. The van der Waals surface area contributed by atoms with Crippen LogP contribution in [0.5, 0.6) is 0 Å². The van der Waals surface area contributed by atoms with Crippen molar-refractivity contribution in [3.05, 3.63) is 35.0 Å². The second kappa shape index (κ2) is 6.98. The molecular weight excluding hydrogens is 280 g/mol. The Morgan fingerprint density at radius 1 is 1.32 bits per heavy atom. The predicted molar refractivity (Wildman–Crippen MR) is 84.9 cm³/mol. The van der Waals surface area contributed by atoms with Crippen molar-refractivity contribution in [2.75, 3.05) is 26.7 Å². The third-order valence-corrected chi connectivity index (χ3v) is 4.15. The number of nitrogens with zero attached hydrogens (tertiary/aromatic N) is 4. The molecule has 2 aromatic heterocycles. The summed E-state index contributed by atoms with van der Waals surface area (Å²) in [6, 6.07) is 3.59. The van der Waals surface area contributed by atoms with Gasteiger partial charge in [0.2, 0.25) is 0 Å². The van der Waals surface area contributed by atoms with Gasteiger partial charge < -0.3 is 9.64 Å². The number of ether oxygens (including phenoxy) is 1. The van der Waals surface area contributed by atoms with Gasteiger partial charge >= 0.3 is 0 Å². The zero-order valence-electron chi connectivity index (χ0n) is 12.9. The van der Waals surface area contributed by atoms with Crippen LogP contribution in [0.25, 0.3) is 11.0 Å². The van der Waals surface area contributed by atoms with Gasteiger partial charge in [0.15, 0.2) is 5.52 Å². The molecule has 2 aromatic rings. The standard InChI is InChI=1S/C16H22N4O2/c1-19-9-5-13(6-10-19)22-11-3-8-20-12-18-14-4-2-7-17-15(14)16(20)21/h2,4,7,12-13H,3,5-6,8-11H2,1H3. The highest BCUT2D eigenvalue weighted by molar-refractivity contribution is 5.71. The SMILES string of the molecule is CN1CCC(OCCCn2cnc3cccnc3c2=O)CC1. The molecule has 0 spiro atoms. The van der Waals surface area contributed by atoms with E-state index in [4.69, 9.17) is 4.74 Å². The minimum Gasteiger partial charge on any atom is -0.378 e. The van der Waals surface area contributed by atoms with Crippen molar-refractivity contribution in [2.45, 2.75) is 31.9 Å². The number of aryl methyl sites for hydroxylation is 1. The van der Waals surface area contributed by atoms with Gasteiger partial charge in [-0.3, -0.25) is 9.36 Å². The lowest BCUT2D eigenvalue weighted by Gasteiger charge is -2.28. The van der Waals surface area contributed by atoms with E-state index in [1.165, 1.54) is 0 Å². The summed E-state index contributed by atoms with van der Waals surface area (Å²) >= 11 is 0. The van der Waals surface area contributed by atoms with Crippen LogP contribution >= 0.6 is 0 Å². The van der Waals surface area contributed by atoms with Crippen LogP contribution in [-0.4, -0.2) is 52.3 Å². The van der Waals surface area contributed by atoms with Gasteiger partial charge in [-0.25, -0.2) is 9.97 Å². The molecule has 0 aliphatic carbocycles. The van der Waals surface area contributed by atoms with E-state index in [9.17, 15) is 4.79 Å². The lowest BCUT2D eigenvalue weighted by Crippen LogP contribution is -2.34. The lowest BCUT2D eigenvalue weighted by molar-refractivity contribution is 0.0102. The number of pyridine rings is 1. The van der Waals surface area contributed by atoms with Gasteiger partial charge in [0.25, 0.3) is 5.56 Å². The number of hydrogen-bond acceptors (Lipinski definition) is 5. The van der Waals surface area contributed by atoms with Crippen molar-refractivity contribution < 1.29 is 4.74 Å². The van der Waals surface area contributed by atoms with Crippen molar-refractivity contribution in [1.29, 1.82) is 0 Å². The fraction of sp³-hybridized carbons (Fsp3) is 0.562. The predicted octanol–water partition coefficient (Wildman–Crippen LogP) is 1.29. The van der Waals surface area contributed by atoms with Crippen LogP contribution in [0.4, 0.5) is 0 Å². The highest BCUT2D eigenvalue weighted by Gasteiger charge is 2.16. The summed E-state index contributed by atoms with van der Waals surface area (Å²) in [5.41, 5.74) is 0.998. The van der Waals surface area contributed by atoms with Crippen molar-refractivity contribution in [1.82, 2.24) is 19.4 Å². The Balaban J connectivity index is 1.52. The molecule has 0 unspecified atom stereocenters. The smallest absolute Gasteiger partial charge is 0.279 e. The summed E-state index contributed by atoms with van der Waals surface area (Å²) in [4.78, 5) is 23.0. The number of likely N-dealkylation sites (tertiary alicyclic amines) is 1. The maximum atomic E-state index is 12.3. The molecule has 6 nitrogen and oxygen atoms in total. The molecule has 118 valence electrons. The van der Waals surface area contributed by atoms with E-state index in [-0.39, 0.29) is 5.56 Å². The largest absolute Gasteiger partial charge is 0.378 e. The summed E-state index contributed by atoms with van der Waals surface area (Å²) in [7, 11) is 2.14. The average molecular weight is 302 g/mol. The maximum Gasteiger partial charge on any atom is 0.279 e. The maximum absolute atomic E-state index is 12.3. The van der Waals surface area contributed by atoms with Crippen LogP contribution in [0.2, 0.25) is 0 Å². The van der Waals surface area contributed by atoms with E-state index in [1.807, 2.05) is 0 Å². The molecule has 1 saturated heterocycles. The average Bonchev–Trinajstić information content (AvgIpc) is 2.55. The van der Waals surface area contributed by atoms with E-state index in [0.29, 0.717) is 30.3 Å². The molecule has 1 aliphatic rings. The topological polar surface area (TPSA) is 60.2 Å². The number of rotatable bonds is 5. The molecule has 0 N–H and O–H groups in total. The third kappa shape index (κ3) is 3.51. The first-order valence-corrected chi connectivity index (χ1v) is 7.84. The fourth-order valence-corrected chi connectivity index (χ4v) is 2.78. The molecule has 3 heterocycles. The van der Waals surface area contributed by atoms with Gasteiger partial charge in [-0.05, 0) is 38.4 Å². The zero-order valence-corrected chi connectivity index (χ0v) is 12.9. The highest BCUT2D eigenvalue weighted by atomic mass is 16.5. The van der Waals surface area contributed by atoms with Crippen LogP contribution in [0.1, 0.15) is 19.3 Å². The van der Waals surface area contributed by atoms with Gasteiger partial charge in [-0.1, -0.05) is 0 Å². The number of hydrogen-bond donors (Lipinski definition) is 0. The molecule has 1 aliphatic heterocycles. The Labute approximate surface area is 129 Å². The van der Waals surface area contributed by atoms with Gasteiger partial charge in [0, 0.05) is 32.4 Å². The van der Waals surface area contributed by atoms with Crippen molar-refractivity contribution in [3.63, 3.8) is 0 Å². The van der Waals surface area contributed by atoms with Gasteiger partial charge in [-0.15, -0.1) is 0 Å². The van der Waals surface area contributed by atoms with E-state index < -0.39 is 0 Å². The Bertz CT molecular complexity index is 677. The Morgan fingerprint density at radius 2 is 2.14 bits per heavy atom. The molecule has 6 heteroatoms. The summed E-state index contributed by atoms with van der Waals surface area (Å²) in [6.45, 7) is 3.50. The first-order chi connectivity index (χ1) is 10.7. The van der Waals surface area contributed by atoms with Crippen molar-refractivity contribution in [3.8, 4) is 0 Å². The van der Waals surface area contributed by atoms with E-state index in [0.717, 1.165) is 32.4 Å². The van der Waals surface area contributed by atoms with Crippen LogP contribution in [0, 0.1) is 0 Å². The van der Waals surface area contributed by atoms with E-state index >= 15 is 0 Å². The Hall–Kier alpha value is -1.79. The number of aromatic nitrogens is 3. The molecule has 3 rings (SSSR count). The summed E-state index contributed by atoms with van der Waals surface area (Å²) in [5, 5.41) is 0. The van der Waals surface area contributed by atoms with Crippen molar-refractivity contribution in [2.24, 2.45) is 0 Å². The second-order valence-corrected chi connectivity index (χ2v) is 5.84. The van der Waals surface area contributed by atoms with Gasteiger partial charge in [0.1, 0.15) is 0 Å². The first kappa shape index (κ1) is 15.1. The normalized spacial score (nSPS) is 17.1. The van der Waals surface area contributed by atoms with Crippen LogP contribution in [0.15, 0.2) is 29.5 Å². The molecule has 0 aromatic carbocycles. The molecule has 0 bridgehead atoms. The quantitative estimate of drug-likeness (QED) is 0.779. The number of fused-ring (bicyclic) bond motifs is 1. The van der Waals surface area contributed by atoms with Crippen LogP contribution in [0.3, 0.4) is 0 Å². The summed E-state index contributed by atoms with van der Waals surface area (Å²) in [5.74, 6) is 0. The monoisotopic (exact) mass is 302 g/mol. The van der Waals surface area contributed by atoms with Gasteiger partial charge in [-0.2, -0.15) is 0 Å². The number of piperidine rings is 1. The molecule has 1 fully saturated rings. The van der Waals surface area contributed by atoms with E-state index in [2.05, 4.69) is 21.9 Å². The molecule has 22 heavy (non-hydrogen) atoms. The second-order valence-electron chi connectivity index (χ2n) is 5.84. The molecule has 0 amide bonds. The highest BCUT2D eigenvalue weighted by Crippen LogP contribution is 2.12. The minimum absolute atomic E-state index is 0.0788. The molecule has 0 saturated carbocycles. The van der Waals surface area contributed by atoms with Crippen molar-refractivity contribution >= 4 is 11.0 Å². The van der Waals surface area contributed by atoms with Crippen LogP contribution in [-0.2, 0) is 11.3 Å². The molecule has 0 atom stereocenters. The summed E-state index contributed by atoms with van der Waals surface area (Å²) in [6.07, 6.45) is 6.59. The Morgan fingerprint density at radius 3 is 2.95 bits per heavy atom. The zero-order chi connectivity index (χ0) is 15.4. The first-order valence-electron chi connectivity index (χ1n) is 7.84. The lowest BCUT2D eigenvalue weighted by atomic mass is 10.1. The third-order valence-electron chi connectivity index (χ3n) is 4.15. The Kier molecular flexibility index (Phi) is 4.80. The van der Waals surface area contributed by atoms with E-state index in [1.54, 1.807) is 29.2 Å². The molecule has 0 radical (unpaired) electrons. The summed E-state index contributed by atoms with van der Waals surface area (Å²) < 4.78 is 7.52. The van der Waals surface area contributed by atoms with Crippen LogP contribution < -0.4 is 5.56 Å².